The molecule has 1 fully saturated rings. The predicted molar refractivity (Wildman–Crippen MR) is 99.1 cm³/mol. The zero-order valence-corrected chi connectivity index (χ0v) is 15.4. The molecule has 0 bridgehead atoms. The SMILES string of the molecule is CCc1ccc(-c2cnc3c(c2)n(CC(=O)N2CC(F)C2)c(=O)n3C)s1. The number of thiophene rings is 1. The van der Waals surface area contributed by atoms with Crippen LogP contribution in [-0.4, -0.2) is 44.2 Å². The van der Waals surface area contributed by atoms with Crippen molar-refractivity contribution in [2.24, 2.45) is 7.05 Å². The van der Waals surface area contributed by atoms with E-state index in [0.29, 0.717) is 11.2 Å². The molecule has 0 radical (unpaired) electrons. The van der Waals surface area contributed by atoms with Crippen molar-refractivity contribution < 1.29 is 9.18 Å². The first-order valence-corrected chi connectivity index (χ1v) is 9.35. The van der Waals surface area contributed by atoms with Gasteiger partial charge >= 0.3 is 5.69 Å². The Hall–Kier alpha value is -2.48. The number of rotatable bonds is 4. The molecule has 4 heterocycles. The third-order valence-corrected chi connectivity index (χ3v) is 6.03. The summed E-state index contributed by atoms with van der Waals surface area (Å²) in [5.41, 5.74) is 1.77. The maximum absolute atomic E-state index is 13.0. The van der Waals surface area contributed by atoms with Crippen LogP contribution >= 0.6 is 11.3 Å². The molecule has 0 saturated carbocycles. The van der Waals surface area contributed by atoms with Gasteiger partial charge in [-0.05, 0) is 24.6 Å². The van der Waals surface area contributed by atoms with Gasteiger partial charge in [-0.15, -0.1) is 11.3 Å². The van der Waals surface area contributed by atoms with Gasteiger partial charge in [0.1, 0.15) is 12.7 Å². The fourth-order valence-electron chi connectivity index (χ4n) is 3.15. The van der Waals surface area contributed by atoms with Gasteiger partial charge in [-0.3, -0.25) is 13.9 Å². The van der Waals surface area contributed by atoms with Gasteiger partial charge in [0, 0.05) is 28.6 Å². The maximum Gasteiger partial charge on any atom is 0.330 e. The van der Waals surface area contributed by atoms with E-state index in [-0.39, 0.29) is 31.2 Å². The summed E-state index contributed by atoms with van der Waals surface area (Å²) in [5.74, 6) is -0.247. The lowest BCUT2D eigenvalue weighted by molar-refractivity contribution is -0.138. The second-order valence-corrected chi connectivity index (χ2v) is 7.68. The lowest BCUT2D eigenvalue weighted by atomic mass is 10.2. The standard InChI is InChI=1S/C18H19FN4O2S/c1-3-13-4-5-15(26-13)11-6-14-17(20-7-11)21(2)18(25)23(14)10-16(24)22-8-12(19)9-22/h4-7,12H,3,8-10H2,1-2H3. The van der Waals surface area contributed by atoms with Crippen LogP contribution in [0, 0.1) is 0 Å². The molecule has 1 aliphatic heterocycles. The lowest BCUT2D eigenvalue weighted by Crippen LogP contribution is -2.52. The number of amides is 1. The number of carbonyl (C=O) groups excluding carboxylic acids is 1. The topological polar surface area (TPSA) is 60.1 Å². The van der Waals surface area contributed by atoms with Gasteiger partial charge in [-0.25, -0.2) is 14.2 Å². The highest BCUT2D eigenvalue weighted by atomic mass is 32.1. The fourth-order valence-corrected chi connectivity index (χ4v) is 4.08. The molecule has 1 saturated heterocycles. The molecule has 26 heavy (non-hydrogen) atoms. The van der Waals surface area contributed by atoms with Gasteiger partial charge in [0.05, 0.1) is 18.6 Å². The van der Waals surface area contributed by atoms with E-state index in [1.54, 1.807) is 24.6 Å². The van der Waals surface area contributed by atoms with Crippen LogP contribution in [0.1, 0.15) is 11.8 Å². The van der Waals surface area contributed by atoms with E-state index in [1.807, 2.05) is 12.1 Å². The summed E-state index contributed by atoms with van der Waals surface area (Å²) < 4.78 is 15.9. The van der Waals surface area contributed by atoms with Crippen molar-refractivity contribution in [1.29, 1.82) is 0 Å². The summed E-state index contributed by atoms with van der Waals surface area (Å²) in [6.45, 7) is 2.22. The Bertz CT molecular complexity index is 1050. The number of aromatic nitrogens is 3. The molecule has 8 heteroatoms. The highest BCUT2D eigenvalue weighted by Gasteiger charge is 2.31. The summed E-state index contributed by atoms with van der Waals surface area (Å²) in [6, 6.07) is 6.03. The molecule has 4 rings (SSSR count). The quantitative estimate of drug-likeness (QED) is 0.703. The van der Waals surface area contributed by atoms with E-state index >= 15 is 0 Å². The van der Waals surface area contributed by atoms with Crippen LogP contribution in [0.2, 0.25) is 0 Å². The van der Waals surface area contributed by atoms with Gasteiger partial charge in [-0.1, -0.05) is 6.92 Å². The molecule has 6 nitrogen and oxygen atoms in total. The van der Waals surface area contributed by atoms with E-state index in [0.717, 1.165) is 16.9 Å². The molecule has 1 amide bonds. The Morgan fingerprint density at radius 1 is 1.38 bits per heavy atom. The fraction of sp³-hybridized carbons (Fsp3) is 0.389. The maximum atomic E-state index is 13.0. The van der Waals surface area contributed by atoms with Gasteiger partial charge in [0.25, 0.3) is 0 Å². The minimum Gasteiger partial charge on any atom is -0.335 e. The summed E-state index contributed by atoms with van der Waals surface area (Å²) in [6.07, 6.45) is 1.77. The lowest BCUT2D eigenvalue weighted by Gasteiger charge is -2.34. The van der Waals surface area contributed by atoms with E-state index in [2.05, 4.69) is 18.0 Å². The first-order chi connectivity index (χ1) is 12.5. The predicted octanol–water partition coefficient (Wildman–Crippen LogP) is 2.21. The number of imidazole rings is 1. The number of fused-ring (bicyclic) bond motifs is 1. The highest BCUT2D eigenvalue weighted by molar-refractivity contribution is 7.15. The number of alkyl halides is 1. The van der Waals surface area contributed by atoms with Crippen LogP contribution in [0.3, 0.4) is 0 Å². The van der Waals surface area contributed by atoms with Crippen LogP contribution in [0.25, 0.3) is 21.6 Å². The van der Waals surface area contributed by atoms with E-state index in [9.17, 15) is 14.0 Å². The van der Waals surface area contributed by atoms with Gasteiger partial charge < -0.3 is 4.90 Å². The Morgan fingerprint density at radius 3 is 2.81 bits per heavy atom. The van der Waals surface area contributed by atoms with E-state index in [1.165, 1.54) is 18.9 Å². The molecular weight excluding hydrogens is 355 g/mol. The molecule has 3 aromatic heterocycles. The minimum atomic E-state index is -0.956. The van der Waals surface area contributed by atoms with Crippen molar-refractivity contribution in [1.82, 2.24) is 19.0 Å². The first-order valence-electron chi connectivity index (χ1n) is 8.54. The molecule has 136 valence electrons. The Balaban J connectivity index is 1.74. The smallest absolute Gasteiger partial charge is 0.330 e. The number of nitrogens with zero attached hydrogens (tertiary/aromatic N) is 4. The molecule has 0 N–H and O–H groups in total. The van der Waals surface area contributed by atoms with Gasteiger partial charge in [-0.2, -0.15) is 0 Å². The molecule has 0 spiro atoms. The second kappa shape index (κ2) is 6.35. The number of halogens is 1. The third kappa shape index (κ3) is 2.74. The van der Waals surface area contributed by atoms with Crippen molar-refractivity contribution in [2.75, 3.05) is 13.1 Å². The molecule has 0 unspecified atom stereocenters. The second-order valence-electron chi connectivity index (χ2n) is 6.51. The largest absolute Gasteiger partial charge is 0.335 e. The van der Waals surface area contributed by atoms with E-state index < -0.39 is 6.17 Å². The average Bonchev–Trinajstić information content (AvgIpc) is 3.18. The van der Waals surface area contributed by atoms with Gasteiger partial charge in [0.2, 0.25) is 5.91 Å². The van der Waals surface area contributed by atoms with Crippen LogP contribution in [0.5, 0.6) is 0 Å². The average molecular weight is 374 g/mol. The molecule has 1 aliphatic rings. The number of hydrogen-bond acceptors (Lipinski definition) is 4. The zero-order chi connectivity index (χ0) is 18.4. The number of carbonyl (C=O) groups is 1. The Labute approximate surface area is 153 Å². The Morgan fingerprint density at radius 2 is 2.15 bits per heavy atom. The van der Waals surface area contributed by atoms with Crippen LogP contribution in [0.4, 0.5) is 4.39 Å². The molecule has 0 atom stereocenters. The van der Waals surface area contributed by atoms with Gasteiger partial charge in [0.15, 0.2) is 5.65 Å². The Kier molecular flexibility index (Phi) is 4.14. The van der Waals surface area contributed by atoms with Crippen molar-refractivity contribution in [2.45, 2.75) is 26.1 Å². The number of hydrogen-bond donors (Lipinski definition) is 0. The summed E-state index contributed by atoms with van der Waals surface area (Å²) in [4.78, 5) is 33.1. The van der Waals surface area contributed by atoms with Crippen molar-refractivity contribution in [3.63, 3.8) is 0 Å². The van der Waals surface area contributed by atoms with E-state index in [4.69, 9.17) is 0 Å². The van der Waals surface area contributed by atoms with Crippen LogP contribution < -0.4 is 5.69 Å². The van der Waals surface area contributed by atoms with Crippen LogP contribution in [0.15, 0.2) is 29.2 Å². The number of likely N-dealkylation sites (tertiary alicyclic amines) is 1. The van der Waals surface area contributed by atoms with Crippen molar-refractivity contribution in [3.8, 4) is 10.4 Å². The molecule has 0 aliphatic carbocycles. The molecule has 3 aromatic rings. The zero-order valence-electron chi connectivity index (χ0n) is 14.6. The minimum absolute atomic E-state index is 0.0985. The summed E-state index contributed by atoms with van der Waals surface area (Å²) in [7, 11) is 1.64. The normalized spacial score (nSPS) is 14.8. The van der Waals surface area contributed by atoms with Crippen molar-refractivity contribution >= 4 is 28.4 Å². The number of aryl methyl sites for hydroxylation is 2. The third-order valence-electron chi connectivity index (χ3n) is 4.75. The van der Waals surface area contributed by atoms with Crippen LogP contribution in [-0.2, 0) is 24.8 Å². The molecular formula is C18H19FN4O2S. The number of pyridine rings is 1. The monoisotopic (exact) mass is 374 g/mol. The molecule has 0 aromatic carbocycles. The highest BCUT2D eigenvalue weighted by Crippen LogP contribution is 2.29. The van der Waals surface area contributed by atoms with Crippen molar-refractivity contribution in [3.05, 3.63) is 39.8 Å². The first kappa shape index (κ1) is 17.0. The summed E-state index contributed by atoms with van der Waals surface area (Å²) >= 11 is 1.69. The summed E-state index contributed by atoms with van der Waals surface area (Å²) in [5, 5.41) is 0.